The van der Waals surface area contributed by atoms with Gasteiger partial charge in [-0.05, 0) is 56.1 Å². The number of phenolic OH excluding ortho intramolecular Hbond substituents is 1. The maximum absolute atomic E-state index is 9.59. The second-order valence-electron chi connectivity index (χ2n) is 5.64. The van der Waals surface area contributed by atoms with E-state index in [0.717, 1.165) is 29.4 Å². The van der Waals surface area contributed by atoms with Crippen molar-refractivity contribution >= 4 is 28.5 Å². The lowest BCUT2D eigenvalue weighted by atomic mass is 10.1. The first-order valence-corrected chi connectivity index (χ1v) is 8.15. The van der Waals surface area contributed by atoms with E-state index in [1.807, 2.05) is 6.07 Å². The molecule has 2 N–H and O–H groups in total. The van der Waals surface area contributed by atoms with Crippen LogP contribution in [0.5, 0.6) is 5.75 Å². The number of likely N-dealkylation sites (tertiary alicyclic amines) is 1. The summed E-state index contributed by atoms with van der Waals surface area (Å²) >= 11 is 6.25. The van der Waals surface area contributed by atoms with E-state index in [-0.39, 0.29) is 5.97 Å². The normalized spacial score (nSPS) is 14.6. The molecule has 0 bridgehead atoms. The average Bonchev–Trinajstić information content (AvgIpc) is 3.13. The van der Waals surface area contributed by atoms with E-state index in [9.17, 15) is 9.90 Å². The van der Waals surface area contributed by atoms with Crippen LogP contribution in [-0.2, 0) is 16.0 Å². The summed E-state index contributed by atoms with van der Waals surface area (Å²) in [7, 11) is 1.35. The number of ether oxygens (including phenoxy) is 1. The molecule has 0 amide bonds. The van der Waals surface area contributed by atoms with Crippen LogP contribution in [0.3, 0.4) is 0 Å². The predicted octanol–water partition coefficient (Wildman–Crippen LogP) is 3.34. The number of H-pyrrole nitrogens is 1. The molecule has 1 saturated heterocycles. The Bertz CT molecular complexity index is 663. The van der Waals surface area contributed by atoms with Crippen LogP contribution in [0.1, 0.15) is 25.3 Å². The molecular formula is C17H23ClN2O3. The number of nitrogens with one attached hydrogen (secondary N) is 1. The van der Waals surface area contributed by atoms with Gasteiger partial charge >= 0.3 is 5.97 Å². The number of fused-ring (bicyclic) bond motifs is 1. The first-order chi connectivity index (χ1) is 11.0. The van der Waals surface area contributed by atoms with Gasteiger partial charge in [0.25, 0.3) is 0 Å². The van der Waals surface area contributed by atoms with E-state index < -0.39 is 0 Å². The quantitative estimate of drug-likeness (QED) is 0.842. The number of esters is 1. The van der Waals surface area contributed by atoms with Crippen LogP contribution in [0.2, 0.25) is 5.15 Å². The number of methoxy groups -OCH3 is 1. The number of carbonyl (C=O) groups is 1. The number of halogens is 1. The molecule has 0 radical (unpaired) electrons. The summed E-state index contributed by atoms with van der Waals surface area (Å²) < 4.78 is 4.11. The van der Waals surface area contributed by atoms with Crippen LogP contribution in [0.4, 0.5) is 0 Å². The van der Waals surface area contributed by atoms with E-state index in [1.165, 1.54) is 40.0 Å². The van der Waals surface area contributed by atoms with Gasteiger partial charge in [0.05, 0.1) is 7.11 Å². The van der Waals surface area contributed by atoms with Crippen molar-refractivity contribution in [1.82, 2.24) is 9.88 Å². The molecule has 0 spiro atoms. The van der Waals surface area contributed by atoms with Crippen LogP contribution < -0.4 is 0 Å². The second-order valence-corrected chi connectivity index (χ2v) is 6.02. The third-order valence-corrected chi connectivity index (χ3v) is 4.32. The van der Waals surface area contributed by atoms with Gasteiger partial charge in [-0.2, -0.15) is 0 Å². The molecule has 2 heterocycles. The van der Waals surface area contributed by atoms with E-state index in [4.69, 9.17) is 11.6 Å². The number of hydrogen-bond donors (Lipinski definition) is 2. The number of nitrogens with zero attached hydrogens (tertiary/aromatic N) is 1. The highest BCUT2D eigenvalue weighted by Crippen LogP contribution is 2.29. The lowest BCUT2D eigenvalue weighted by Crippen LogP contribution is -2.21. The Morgan fingerprint density at radius 3 is 2.65 bits per heavy atom. The van der Waals surface area contributed by atoms with Crippen molar-refractivity contribution < 1.29 is 14.6 Å². The zero-order chi connectivity index (χ0) is 16.8. The number of phenols is 1. The van der Waals surface area contributed by atoms with Crippen molar-refractivity contribution in [3.8, 4) is 5.75 Å². The maximum Gasteiger partial charge on any atom is 0.302 e. The largest absolute Gasteiger partial charge is 0.508 e. The monoisotopic (exact) mass is 338 g/mol. The van der Waals surface area contributed by atoms with Gasteiger partial charge in [-0.15, -0.1) is 0 Å². The van der Waals surface area contributed by atoms with E-state index >= 15 is 0 Å². The van der Waals surface area contributed by atoms with Crippen LogP contribution in [0, 0.1) is 0 Å². The van der Waals surface area contributed by atoms with Crippen molar-refractivity contribution in [3.05, 3.63) is 28.9 Å². The summed E-state index contributed by atoms with van der Waals surface area (Å²) in [4.78, 5) is 15.2. The minimum absolute atomic E-state index is 0.245. The molecule has 1 aliphatic heterocycles. The minimum atomic E-state index is -0.245. The first-order valence-electron chi connectivity index (χ1n) is 7.77. The Morgan fingerprint density at radius 2 is 2.04 bits per heavy atom. The number of aromatic nitrogens is 1. The van der Waals surface area contributed by atoms with Crippen molar-refractivity contribution in [2.24, 2.45) is 0 Å². The third-order valence-electron chi connectivity index (χ3n) is 4.00. The van der Waals surface area contributed by atoms with Crippen molar-refractivity contribution in [2.75, 3.05) is 26.7 Å². The number of rotatable bonds is 3. The fourth-order valence-corrected chi connectivity index (χ4v) is 3.02. The molecule has 23 heavy (non-hydrogen) atoms. The van der Waals surface area contributed by atoms with E-state index in [2.05, 4.69) is 14.6 Å². The smallest absolute Gasteiger partial charge is 0.302 e. The molecule has 126 valence electrons. The van der Waals surface area contributed by atoms with Gasteiger partial charge in [-0.1, -0.05) is 11.6 Å². The Kier molecular flexibility index (Phi) is 6.30. The number of aromatic amines is 1. The lowest BCUT2D eigenvalue weighted by molar-refractivity contribution is -0.137. The van der Waals surface area contributed by atoms with E-state index in [1.54, 1.807) is 12.1 Å². The number of hydrogen-bond acceptors (Lipinski definition) is 4. The molecule has 1 aromatic heterocycles. The van der Waals surface area contributed by atoms with E-state index in [0.29, 0.717) is 10.9 Å². The number of aromatic hydroxyl groups is 1. The van der Waals surface area contributed by atoms with Crippen LogP contribution in [-0.4, -0.2) is 47.7 Å². The molecule has 0 unspecified atom stereocenters. The summed E-state index contributed by atoms with van der Waals surface area (Å²) in [5.41, 5.74) is 2.11. The van der Waals surface area contributed by atoms with Gasteiger partial charge in [0.1, 0.15) is 10.9 Å². The summed E-state index contributed by atoms with van der Waals surface area (Å²) in [6, 6.07) is 5.34. The molecule has 1 fully saturated rings. The summed E-state index contributed by atoms with van der Waals surface area (Å²) in [5.74, 6) is 0.0468. The van der Waals surface area contributed by atoms with Gasteiger partial charge in [0, 0.05) is 24.4 Å². The molecule has 0 saturated carbocycles. The highest BCUT2D eigenvalue weighted by Gasteiger charge is 2.15. The first kappa shape index (κ1) is 17.6. The fourth-order valence-electron chi connectivity index (χ4n) is 2.72. The summed E-state index contributed by atoms with van der Waals surface area (Å²) in [5, 5.41) is 11.3. The van der Waals surface area contributed by atoms with Crippen molar-refractivity contribution in [1.29, 1.82) is 0 Å². The lowest BCUT2D eigenvalue weighted by Gasteiger charge is -2.13. The van der Waals surface area contributed by atoms with Gasteiger partial charge in [-0.25, -0.2) is 0 Å². The Morgan fingerprint density at radius 1 is 1.39 bits per heavy atom. The fraction of sp³-hybridized carbons (Fsp3) is 0.471. The Labute approximate surface area is 141 Å². The van der Waals surface area contributed by atoms with Gasteiger partial charge in [0.15, 0.2) is 0 Å². The van der Waals surface area contributed by atoms with Gasteiger partial charge < -0.3 is 19.7 Å². The number of carbonyl (C=O) groups excluding carboxylic acids is 1. The molecule has 1 aliphatic rings. The molecule has 2 aromatic rings. The second kappa shape index (κ2) is 8.22. The molecular weight excluding hydrogens is 316 g/mol. The molecule has 0 atom stereocenters. The minimum Gasteiger partial charge on any atom is -0.508 e. The number of benzene rings is 1. The zero-order valence-electron chi connectivity index (χ0n) is 13.6. The van der Waals surface area contributed by atoms with Crippen LogP contribution >= 0.6 is 11.6 Å². The molecule has 0 aliphatic carbocycles. The van der Waals surface area contributed by atoms with Crippen molar-refractivity contribution in [2.45, 2.75) is 26.2 Å². The standard InChI is InChI=1S/C14H17ClN2O.C3H6O2/c15-14-11(5-8-17-6-1-2-7-17)12-9-10(18)3-4-13(12)16-14;1-3(4)5-2/h3-4,9,16,18H,1-2,5-8H2;1-2H3. The molecule has 5 nitrogen and oxygen atoms in total. The van der Waals surface area contributed by atoms with Gasteiger partial charge in [-0.3, -0.25) is 4.79 Å². The SMILES string of the molecule is COC(C)=O.Oc1ccc2[nH]c(Cl)c(CCN3CCCC3)c2c1. The van der Waals surface area contributed by atoms with Crippen LogP contribution in [0.25, 0.3) is 10.9 Å². The predicted molar refractivity (Wildman–Crippen MR) is 92.0 cm³/mol. The average molecular weight is 339 g/mol. The Hall–Kier alpha value is -1.72. The zero-order valence-corrected chi connectivity index (χ0v) is 14.3. The topological polar surface area (TPSA) is 65.6 Å². The molecule has 6 heteroatoms. The van der Waals surface area contributed by atoms with Crippen molar-refractivity contribution in [3.63, 3.8) is 0 Å². The van der Waals surface area contributed by atoms with Gasteiger partial charge in [0.2, 0.25) is 0 Å². The maximum atomic E-state index is 9.59. The molecule has 1 aromatic carbocycles. The Balaban J connectivity index is 0.000000338. The third kappa shape index (κ3) is 4.88. The summed E-state index contributed by atoms with van der Waals surface area (Å²) in [6.45, 7) is 4.80. The summed E-state index contributed by atoms with van der Waals surface area (Å²) in [6.07, 6.45) is 3.55. The van der Waals surface area contributed by atoms with Crippen LogP contribution in [0.15, 0.2) is 18.2 Å². The highest BCUT2D eigenvalue weighted by molar-refractivity contribution is 6.31. The highest BCUT2D eigenvalue weighted by atomic mass is 35.5. The molecule has 3 rings (SSSR count).